The van der Waals surface area contributed by atoms with Crippen molar-refractivity contribution in [1.29, 1.82) is 0 Å². The van der Waals surface area contributed by atoms with Crippen molar-refractivity contribution in [3.8, 4) is 5.75 Å². The quantitative estimate of drug-likeness (QED) is 0.786. The van der Waals surface area contributed by atoms with Crippen LogP contribution in [0.15, 0.2) is 54.6 Å². The van der Waals surface area contributed by atoms with Crippen LogP contribution in [0.4, 0.5) is 5.69 Å². The van der Waals surface area contributed by atoms with Crippen LogP contribution in [0.5, 0.6) is 5.75 Å². The summed E-state index contributed by atoms with van der Waals surface area (Å²) in [6.07, 6.45) is -0.0873. The molecule has 122 valence electrons. The van der Waals surface area contributed by atoms with E-state index in [0.717, 1.165) is 18.8 Å². The highest BCUT2D eigenvalue weighted by Crippen LogP contribution is 2.21. The molecule has 0 heterocycles. The number of benzene rings is 2. The molecule has 0 spiro atoms. The highest BCUT2D eigenvalue weighted by Gasteiger charge is 2.17. The monoisotopic (exact) mass is 312 g/mol. The molecule has 0 aliphatic rings. The van der Waals surface area contributed by atoms with Crippen LogP contribution in [0.25, 0.3) is 0 Å². The van der Waals surface area contributed by atoms with E-state index in [9.17, 15) is 4.79 Å². The van der Waals surface area contributed by atoms with Gasteiger partial charge >= 0.3 is 0 Å². The minimum Gasteiger partial charge on any atom is -0.475 e. The molecule has 1 amide bonds. The second-order valence-electron chi connectivity index (χ2n) is 5.25. The van der Waals surface area contributed by atoms with E-state index in [1.165, 1.54) is 0 Å². The first-order valence-electron chi connectivity index (χ1n) is 8.01. The molecule has 0 bridgehead atoms. The van der Waals surface area contributed by atoms with Crippen LogP contribution in [0.1, 0.15) is 31.1 Å². The van der Waals surface area contributed by atoms with Gasteiger partial charge in [0, 0.05) is 5.69 Å². The number of para-hydroxylation sites is 2. The van der Waals surface area contributed by atoms with Gasteiger partial charge in [0.1, 0.15) is 12.0 Å². The third-order valence-electron chi connectivity index (χ3n) is 3.79. The average Bonchev–Trinajstić information content (AvgIpc) is 2.57. The van der Waals surface area contributed by atoms with Crippen LogP contribution in [-0.2, 0) is 0 Å². The number of nitrogens with zero attached hydrogens (tertiary/aromatic N) is 1. The molecule has 1 N–H and O–H groups in total. The summed E-state index contributed by atoms with van der Waals surface area (Å²) in [6, 6.07) is 16.8. The Bertz CT molecular complexity index is 624. The van der Waals surface area contributed by atoms with E-state index in [4.69, 9.17) is 4.74 Å². The zero-order chi connectivity index (χ0) is 16.7. The molecule has 0 fully saturated rings. The number of hydrogen-bond acceptors (Lipinski definition) is 3. The minimum atomic E-state index is -0.168. The summed E-state index contributed by atoms with van der Waals surface area (Å²) in [5, 5.41) is 2.90. The Morgan fingerprint density at radius 3 is 2.30 bits per heavy atom. The van der Waals surface area contributed by atoms with Gasteiger partial charge in [0.05, 0.1) is 5.56 Å². The topological polar surface area (TPSA) is 41.6 Å². The van der Waals surface area contributed by atoms with Gasteiger partial charge in [-0.25, -0.2) is 0 Å². The number of amides is 1. The van der Waals surface area contributed by atoms with Gasteiger partial charge in [-0.1, -0.05) is 44.2 Å². The second kappa shape index (κ2) is 8.34. The largest absolute Gasteiger partial charge is 0.475 e. The van der Waals surface area contributed by atoms with Gasteiger partial charge in [-0.3, -0.25) is 9.69 Å². The van der Waals surface area contributed by atoms with Crippen molar-refractivity contribution in [3.63, 3.8) is 0 Å². The molecule has 0 saturated carbocycles. The fourth-order valence-corrected chi connectivity index (χ4v) is 2.47. The molecule has 2 rings (SSSR count). The third kappa shape index (κ3) is 4.57. The molecule has 4 heteroatoms. The predicted molar refractivity (Wildman–Crippen MR) is 93.8 cm³/mol. The number of ether oxygens (including phenoxy) is 1. The lowest BCUT2D eigenvalue weighted by Gasteiger charge is -2.27. The van der Waals surface area contributed by atoms with Crippen LogP contribution >= 0.6 is 0 Å². The Hall–Kier alpha value is -2.33. The fourth-order valence-electron chi connectivity index (χ4n) is 2.47. The molecule has 0 radical (unpaired) electrons. The summed E-state index contributed by atoms with van der Waals surface area (Å²) in [6.45, 7) is 7.99. The Kier molecular flexibility index (Phi) is 6.18. The van der Waals surface area contributed by atoms with Crippen LogP contribution in [0, 0.1) is 0 Å². The fraction of sp³-hybridized carbons (Fsp3) is 0.316. The summed E-state index contributed by atoms with van der Waals surface area (Å²) < 4.78 is 6.01. The van der Waals surface area contributed by atoms with Crippen molar-refractivity contribution in [2.75, 3.05) is 18.4 Å². The Morgan fingerprint density at radius 2 is 1.65 bits per heavy atom. The molecule has 1 unspecified atom stereocenters. The van der Waals surface area contributed by atoms with Crippen LogP contribution in [0.3, 0.4) is 0 Å². The summed E-state index contributed by atoms with van der Waals surface area (Å²) >= 11 is 0. The number of rotatable bonds is 7. The predicted octanol–water partition coefficient (Wildman–Crippen LogP) is 4.01. The molecular formula is C19H24N2O2. The van der Waals surface area contributed by atoms with Crippen molar-refractivity contribution in [3.05, 3.63) is 60.2 Å². The van der Waals surface area contributed by atoms with Crippen LogP contribution < -0.4 is 10.1 Å². The molecule has 2 aromatic carbocycles. The van der Waals surface area contributed by atoms with Crippen molar-refractivity contribution < 1.29 is 9.53 Å². The highest BCUT2D eigenvalue weighted by molar-refractivity contribution is 6.06. The number of hydrogen-bond donors (Lipinski definition) is 1. The molecule has 2 aromatic rings. The SMILES string of the molecule is CCN(CC)C(C)Oc1ccccc1C(=O)Nc1ccccc1. The van der Waals surface area contributed by atoms with E-state index in [2.05, 4.69) is 24.1 Å². The zero-order valence-corrected chi connectivity index (χ0v) is 14.0. The van der Waals surface area contributed by atoms with Crippen molar-refractivity contribution in [2.45, 2.75) is 27.0 Å². The minimum absolute atomic E-state index is 0.0873. The summed E-state index contributed by atoms with van der Waals surface area (Å²) in [5.74, 6) is 0.430. The van der Waals surface area contributed by atoms with Gasteiger partial charge in [-0.15, -0.1) is 0 Å². The van der Waals surface area contributed by atoms with Gasteiger partial charge in [0.15, 0.2) is 0 Å². The van der Waals surface area contributed by atoms with E-state index < -0.39 is 0 Å². The first-order chi connectivity index (χ1) is 11.2. The standard InChI is InChI=1S/C19H24N2O2/c1-4-21(5-2)15(3)23-18-14-10-9-13-17(18)19(22)20-16-11-7-6-8-12-16/h6-15H,4-5H2,1-3H3,(H,20,22). The van der Waals surface area contributed by atoms with Crippen molar-refractivity contribution >= 4 is 11.6 Å². The number of nitrogens with one attached hydrogen (secondary N) is 1. The van der Waals surface area contributed by atoms with E-state index in [1.807, 2.05) is 55.5 Å². The molecule has 0 aliphatic heterocycles. The van der Waals surface area contributed by atoms with Crippen LogP contribution in [0.2, 0.25) is 0 Å². The van der Waals surface area contributed by atoms with Crippen molar-refractivity contribution in [1.82, 2.24) is 4.90 Å². The zero-order valence-electron chi connectivity index (χ0n) is 14.0. The second-order valence-corrected chi connectivity index (χ2v) is 5.25. The highest BCUT2D eigenvalue weighted by atomic mass is 16.5. The first-order valence-corrected chi connectivity index (χ1v) is 8.01. The molecule has 0 saturated heterocycles. The van der Waals surface area contributed by atoms with E-state index in [1.54, 1.807) is 6.07 Å². The smallest absolute Gasteiger partial charge is 0.259 e. The lowest BCUT2D eigenvalue weighted by molar-refractivity contribution is 0.0472. The van der Waals surface area contributed by atoms with Gasteiger partial charge in [-0.05, 0) is 44.3 Å². The van der Waals surface area contributed by atoms with Crippen molar-refractivity contribution in [2.24, 2.45) is 0 Å². The van der Waals surface area contributed by atoms with Gasteiger partial charge in [-0.2, -0.15) is 0 Å². The van der Waals surface area contributed by atoms with Gasteiger partial charge in [0.25, 0.3) is 5.91 Å². The van der Waals surface area contributed by atoms with E-state index in [0.29, 0.717) is 11.3 Å². The molecule has 23 heavy (non-hydrogen) atoms. The lowest BCUT2D eigenvalue weighted by Crippen LogP contribution is -2.37. The number of carbonyl (C=O) groups is 1. The molecular weight excluding hydrogens is 288 g/mol. The molecule has 4 nitrogen and oxygen atoms in total. The average molecular weight is 312 g/mol. The summed E-state index contributed by atoms with van der Waals surface area (Å²) in [5.41, 5.74) is 1.31. The lowest BCUT2D eigenvalue weighted by atomic mass is 10.2. The molecule has 0 aliphatic carbocycles. The summed E-state index contributed by atoms with van der Waals surface area (Å²) in [7, 11) is 0. The Balaban J connectivity index is 2.15. The number of carbonyl (C=O) groups excluding carboxylic acids is 1. The summed E-state index contributed by atoms with van der Waals surface area (Å²) in [4.78, 5) is 14.7. The van der Waals surface area contributed by atoms with Gasteiger partial charge < -0.3 is 10.1 Å². The number of anilines is 1. The third-order valence-corrected chi connectivity index (χ3v) is 3.79. The molecule has 1 atom stereocenters. The normalized spacial score (nSPS) is 12.0. The Labute approximate surface area is 138 Å². The Morgan fingerprint density at radius 1 is 1.04 bits per heavy atom. The van der Waals surface area contributed by atoms with Crippen LogP contribution in [-0.4, -0.2) is 30.1 Å². The molecule has 0 aromatic heterocycles. The maximum atomic E-state index is 12.5. The maximum absolute atomic E-state index is 12.5. The van der Waals surface area contributed by atoms with E-state index in [-0.39, 0.29) is 12.1 Å². The maximum Gasteiger partial charge on any atom is 0.259 e. The first kappa shape index (κ1) is 17.0. The van der Waals surface area contributed by atoms with Gasteiger partial charge in [0.2, 0.25) is 0 Å². The van der Waals surface area contributed by atoms with E-state index >= 15 is 0 Å².